The smallest absolute Gasteiger partial charge is 0.195 e. The third-order valence-electron chi connectivity index (χ3n) is 2.64. The molecular weight excluding hydrogens is 316 g/mol. The molecule has 1 heterocycles. The molecule has 0 unspecified atom stereocenters. The van der Waals surface area contributed by atoms with Crippen molar-refractivity contribution < 1.29 is 9.90 Å². The lowest BCUT2D eigenvalue weighted by molar-refractivity contribution is 0.105. The summed E-state index contributed by atoms with van der Waals surface area (Å²) >= 11 is 7.13. The van der Waals surface area contributed by atoms with Gasteiger partial charge in [-0.25, -0.2) is 0 Å². The minimum atomic E-state index is -1.04. The number of carbonyl (C=O) groups is 1. The van der Waals surface area contributed by atoms with Gasteiger partial charge < -0.3 is 5.11 Å². The highest BCUT2D eigenvalue weighted by atomic mass is 35.5. The van der Waals surface area contributed by atoms with Gasteiger partial charge in [0.05, 0.1) is 9.75 Å². The van der Waals surface area contributed by atoms with Crippen LogP contribution in [0.15, 0.2) is 42.5 Å². The molecule has 2 rings (SSSR count). The molecule has 1 aromatic carbocycles. The Morgan fingerprint density at radius 2 is 1.91 bits per heavy atom. The first-order chi connectivity index (χ1) is 10.3. The van der Waals surface area contributed by atoms with Crippen LogP contribution in [0.5, 0.6) is 0 Å². The summed E-state index contributed by atoms with van der Waals surface area (Å²) in [6.07, 6.45) is 3.28. The molecule has 1 N–H and O–H groups in total. The van der Waals surface area contributed by atoms with E-state index < -0.39 is 5.60 Å². The molecule has 0 aliphatic heterocycles. The van der Waals surface area contributed by atoms with Crippen molar-refractivity contribution in [2.24, 2.45) is 0 Å². The molecular formula is C18H15ClO2S. The van der Waals surface area contributed by atoms with Gasteiger partial charge in [0, 0.05) is 5.02 Å². The van der Waals surface area contributed by atoms with E-state index in [1.54, 1.807) is 44.2 Å². The van der Waals surface area contributed by atoms with Gasteiger partial charge in [0.25, 0.3) is 0 Å². The number of carbonyl (C=O) groups excluding carboxylic acids is 1. The van der Waals surface area contributed by atoms with Gasteiger partial charge in [-0.15, -0.1) is 11.3 Å². The molecule has 22 heavy (non-hydrogen) atoms. The largest absolute Gasteiger partial charge is 0.378 e. The predicted molar refractivity (Wildman–Crippen MR) is 92.3 cm³/mol. The lowest BCUT2D eigenvalue weighted by atomic mass is 10.1. The van der Waals surface area contributed by atoms with Crippen molar-refractivity contribution in [1.29, 1.82) is 0 Å². The van der Waals surface area contributed by atoms with Gasteiger partial charge in [0.15, 0.2) is 5.78 Å². The summed E-state index contributed by atoms with van der Waals surface area (Å²) in [6.45, 7) is 3.24. The predicted octanol–water partition coefficient (Wildman–Crippen LogP) is 4.42. The van der Waals surface area contributed by atoms with E-state index in [0.29, 0.717) is 9.90 Å². The number of hydrogen-bond donors (Lipinski definition) is 1. The average Bonchev–Trinajstić information content (AvgIpc) is 2.92. The molecule has 4 heteroatoms. The summed E-state index contributed by atoms with van der Waals surface area (Å²) in [5.74, 6) is 5.52. The van der Waals surface area contributed by atoms with Crippen LogP contribution in [0, 0.1) is 11.8 Å². The van der Waals surface area contributed by atoms with E-state index in [-0.39, 0.29) is 5.78 Å². The maximum absolute atomic E-state index is 12.1. The van der Waals surface area contributed by atoms with Crippen molar-refractivity contribution in [2.75, 3.05) is 0 Å². The van der Waals surface area contributed by atoms with Gasteiger partial charge in [-0.1, -0.05) is 41.7 Å². The van der Waals surface area contributed by atoms with E-state index >= 15 is 0 Å². The number of allylic oxidation sites excluding steroid dienone is 1. The minimum Gasteiger partial charge on any atom is -0.378 e. The van der Waals surface area contributed by atoms with Crippen LogP contribution in [-0.2, 0) is 0 Å². The number of halogens is 1. The van der Waals surface area contributed by atoms with Crippen LogP contribution in [0.2, 0.25) is 5.02 Å². The zero-order valence-electron chi connectivity index (χ0n) is 12.3. The molecule has 0 fully saturated rings. The number of ketones is 1. The van der Waals surface area contributed by atoms with Crippen molar-refractivity contribution in [2.45, 2.75) is 19.4 Å². The first-order valence-electron chi connectivity index (χ1n) is 6.67. The highest BCUT2D eigenvalue weighted by Crippen LogP contribution is 2.18. The molecule has 0 spiro atoms. The van der Waals surface area contributed by atoms with Crippen LogP contribution in [0.4, 0.5) is 0 Å². The fraction of sp³-hybridized carbons (Fsp3) is 0.167. The Bertz CT molecular complexity index is 753. The van der Waals surface area contributed by atoms with Gasteiger partial charge in [0.2, 0.25) is 0 Å². The molecule has 0 bridgehead atoms. The summed E-state index contributed by atoms with van der Waals surface area (Å²) in [4.78, 5) is 13.5. The zero-order valence-corrected chi connectivity index (χ0v) is 13.8. The second-order valence-corrected chi connectivity index (χ2v) is 6.74. The van der Waals surface area contributed by atoms with E-state index in [1.165, 1.54) is 17.4 Å². The third kappa shape index (κ3) is 5.16. The molecule has 0 atom stereocenters. The van der Waals surface area contributed by atoms with Gasteiger partial charge >= 0.3 is 0 Å². The molecule has 0 radical (unpaired) electrons. The first kappa shape index (κ1) is 16.5. The lowest BCUT2D eigenvalue weighted by Gasteiger charge is -2.05. The van der Waals surface area contributed by atoms with E-state index in [1.807, 2.05) is 12.1 Å². The quantitative estimate of drug-likeness (QED) is 0.514. The van der Waals surface area contributed by atoms with Crippen molar-refractivity contribution in [3.8, 4) is 11.8 Å². The second kappa shape index (κ2) is 6.93. The first-order valence-corrected chi connectivity index (χ1v) is 7.86. The number of benzene rings is 1. The highest BCUT2D eigenvalue weighted by Gasteiger charge is 2.08. The summed E-state index contributed by atoms with van der Waals surface area (Å²) in [5, 5.41) is 10.2. The van der Waals surface area contributed by atoms with Crippen LogP contribution >= 0.6 is 22.9 Å². The summed E-state index contributed by atoms with van der Waals surface area (Å²) in [6, 6.07) is 10.8. The van der Waals surface area contributed by atoms with Crippen molar-refractivity contribution in [3.05, 3.63) is 62.8 Å². The molecule has 0 amide bonds. The molecule has 2 aromatic rings. The van der Waals surface area contributed by atoms with Gasteiger partial charge in [-0.05, 0) is 49.8 Å². The fourth-order valence-corrected chi connectivity index (χ4v) is 2.49. The standard InChI is InChI=1S/C18H15ClO2S/c1-18(2,21)12-11-15-8-10-17(22-15)16(20)9-5-13-3-6-14(19)7-4-13/h3-10,21H,1-2H3. The molecule has 112 valence electrons. The van der Waals surface area contributed by atoms with E-state index in [0.717, 1.165) is 10.4 Å². The second-order valence-electron chi connectivity index (χ2n) is 5.22. The third-order valence-corrected chi connectivity index (χ3v) is 3.90. The average molecular weight is 331 g/mol. The van der Waals surface area contributed by atoms with Crippen molar-refractivity contribution in [3.63, 3.8) is 0 Å². The maximum Gasteiger partial charge on any atom is 0.195 e. The Balaban J connectivity index is 2.08. The lowest BCUT2D eigenvalue weighted by Crippen LogP contribution is -2.14. The molecule has 0 aliphatic rings. The summed E-state index contributed by atoms with van der Waals surface area (Å²) < 4.78 is 0. The fourth-order valence-electron chi connectivity index (χ4n) is 1.58. The Labute approximate surface area is 139 Å². The van der Waals surface area contributed by atoms with Crippen LogP contribution in [0.25, 0.3) is 6.08 Å². The number of aliphatic hydroxyl groups is 1. The molecule has 0 saturated heterocycles. The van der Waals surface area contributed by atoms with Gasteiger partial charge in [-0.3, -0.25) is 4.79 Å². The number of hydrogen-bond acceptors (Lipinski definition) is 3. The zero-order chi connectivity index (χ0) is 16.2. The normalized spacial score (nSPS) is 11.3. The van der Waals surface area contributed by atoms with Crippen LogP contribution < -0.4 is 0 Å². The van der Waals surface area contributed by atoms with Crippen molar-refractivity contribution >= 4 is 34.8 Å². The Hall–Kier alpha value is -1.86. The number of thiophene rings is 1. The summed E-state index contributed by atoms with van der Waals surface area (Å²) in [7, 11) is 0. The molecule has 1 aromatic heterocycles. The Morgan fingerprint density at radius 3 is 2.55 bits per heavy atom. The monoisotopic (exact) mass is 330 g/mol. The maximum atomic E-state index is 12.1. The SMILES string of the molecule is CC(C)(O)C#Cc1ccc(C(=O)C=Cc2ccc(Cl)cc2)s1. The Kier molecular flexibility index (Phi) is 5.20. The van der Waals surface area contributed by atoms with Crippen LogP contribution in [0.3, 0.4) is 0 Å². The van der Waals surface area contributed by atoms with Gasteiger partial charge in [-0.2, -0.15) is 0 Å². The topological polar surface area (TPSA) is 37.3 Å². The summed E-state index contributed by atoms with van der Waals surface area (Å²) in [5.41, 5.74) is -0.126. The molecule has 0 saturated carbocycles. The van der Waals surface area contributed by atoms with E-state index in [9.17, 15) is 9.90 Å². The van der Waals surface area contributed by atoms with E-state index in [2.05, 4.69) is 11.8 Å². The molecule has 2 nitrogen and oxygen atoms in total. The van der Waals surface area contributed by atoms with Crippen LogP contribution in [0.1, 0.15) is 34.0 Å². The van der Waals surface area contributed by atoms with Crippen LogP contribution in [-0.4, -0.2) is 16.5 Å². The van der Waals surface area contributed by atoms with Crippen molar-refractivity contribution in [1.82, 2.24) is 0 Å². The number of rotatable bonds is 3. The Morgan fingerprint density at radius 1 is 1.23 bits per heavy atom. The molecule has 0 aliphatic carbocycles. The van der Waals surface area contributed by atoms with E-state index in [4.69, 9.17) is 11.6 Å². The van der Waals surface area contributed by atoms with Gasteiger partial charge in [0.1, 0.15) is 5.60 Å². The highest BCUT2D eigenvalue weighted by molar-refractivity contribution is 7.14. The minimum absolute atomic E-state index is 0.0729.